The number of aryl methyl sites for hydroxylation is 1. The average molecular weight is 308 g/mol. The molecule has 1 aliphatic rings. The minimum Gasteiger partial charge on any atom is -0.350 e. The molecule has 2 aromatic carbocycles. The number of nitrogens with zero attached hydrogens (tertiary/aromatic N) is 1. The minimum atomic E-state index is -0.464. The van der Waals surface area contributed by atoms with Crippen molar-refractivity contribution in [2.45, 2.75) is 32.9 Å². The standard InChI is InChI=1S/C19H20N2O2/c1-13-7-3-4-9-16(13)12-20-19(23)18-11-15-8-5-6-10-17(15)21(18)14(2)22/h3-10,18H,11-12H2,1-2H3,(H,20,23)/t18-/m0/s1. The van der Waals surface area contributed by atoms with Crippen LogP contribution in [0.15, 0.2) is 48.5 Å². The van der Waals surface area contributed by atoms with Crippen molar-refractivity contribution >= 4 is 17.5 Å². The van der Waals surface area contributed by atoms with Gasteiger partial charge in [0.25, 0.3) is 0 Å². The van der Waals surface area contributed by atoms with Crippen molar-refractivity contribution in [3.05, 3.63) is 65.2 Å². The summed E-state index contributed by atoms with van der Waals surface area (Å²) >= 11 is 0. The zero-order valence-corrected chi connectivity index (χ0v) is 13.4. The van der Waals surface area contributed by atoms with Gasteiger partial charge >= 0.3 is 0 Å². The van der Waals surface area contributed by atoms with E-state index in [2.05, 4.69) is 5.32 Å². The number of benzene rings is 2. The fourth-order valence-electron chi connectivity index (χ4n) is 3.09. The van der Waals surface area contributed by atoms with Crippen molar-refractivity contribution in [1.82, 2.24) is 5.32 Å². The van der Waals surface area contributed by atoms with E-state index in [1.165, 1.54) is 6.92 Å². The first-order valence-corrected chi connectivity index (χ1v) is 7.78. The van der Waals surface area contributed by atoms with E-state index in [-0.39, 0.29) is 11.8 Å². The molecule has 1 aliphatic heterocycles. The van der Waals surface area contributed by atoms with Crippen LogP contribution in [0.5, 0.6) is 0 Å². The predicted molar refractivity (Wildman–Crippen MR) is 90.1 cm³/mol. The molecule has 0 saturated carbocycles. The van der Waals surface area contributed by atoms with Gasteiger partial charge in [-0.25, -0.2) is 0 Å². The van der Waals surface area contributed by atoms with Crippen LogP contribution in [-0.2, 0) is 22.6 Å². The largest absolute Gasteiger partial charge is 0.350 e. The number of hydrogen-bond donors (Lipinski definition) is 1. The van der Waals surface area contributed by atoms with Gasteiger partial charge in [-0.1, -0.05) is 42.5 Å². The van der Waals surface area contributed by atoms with Gasteiger partial charge < -0.3 is 5.32 Å². The summed E-state index contributed by atoms with van der Waals surface area (Å²) in [5.41, 5.74) is 4.12. The van der Waals surface area contributed by atoms with E-state index >= 15 is 0 Å². The highest BCUT2D eigenvalue weighted by Gasteiger charge is 2.36. The number of anilines is 1. The summed E-state index contributed by atoms with van der Waals surface area (Å²) in [4.78, 5) is 26.2. The van der Waals surface area contributed by atoms with Crippen molar-refractivity contribution < 1.29 is 9.59 Å². The predicted octanol–water partition coefficient (Wildman–Crippen LogP) is 2.59. The van der Waals surface area contributed by atoms with Gasteiger partial charge in [-0.15, -0.1) is 0 Å². The number of carbonyl (C=O) groups is 2. The van der Waals surface area contributed by atoms with Crippen molar-refractivity contribution in [2.75, 3.05) is 4.90 Å². The molecule has 1 N–H and O–H groups in total. The number of amides is 2. The van der Waals surface area contributed by atoms with Crippen molar-refractivity contribution in [3.8, 4) is 0 Å². The number of fused-ring (bicyclic) bond motifs is 1. The summed E-state index contributed by atoms with van der Waals surface area (Å²) < 4.78 is 0. The maximum absolute atomic E-state index is 12.6. The monoisotopic (exact) mass is 308 g/mol. The molecular weight excluding hydrogens is 288 g/mol. The first-order valence-electron chi connectivity index (χ1n) is 7.78. The molecule has 0 fully saturated rings. The summed E-state index contributed by atoms with van der Waals surface area (Å²) in [6.45, 7) is 4.00. The summed E-state index contributed by atoms with van der Waals surface area (Å²) in [5.74, 6) is -0.217. The summed E-state index contributed by atoms with van der Waals surface area (Å²) in [5, 5.41) is 2.97. The fraction of sp³-hybridized carbons (Fsp3) is 0.263. The lowest BCUT2D eigenvalue weighted by atomic mass is 10.1. The van der Waals surface area contributed by atoms with Crippen LogP contribution >= 0.6 is 0 Å². The van der Waals surface area contributed by atoms with E-state index in [9.17, 15) is 9.59 Å². The molecule has 0 bridgehead atoms. The number of rotatable bonds is 3. The molecule has 2 amide bonds. The van der Waals surface area contributed by atoms with E-state index in [0.29, 0.717) is 13.0 Å². The topological polar surface area (TPSA) is 49.4 Å². The van der Waals surface area contributed by atoms with Crippen molar-refractivity contribution in [3.63, 3.8) is 0 Å². The van der Waals surface area contributed by atoms with Gasteiger partial charge in [-0.05, 0) is 29.7 Å². The summed E-state index contributed by atoms with van der Waals surface area (Å²) in [6, 6.07) is 15.2. The van der Waals surface area contributed by atoms with E-state index in [1.54, 1.807) is 4.90 Å². The second-order valence-corrected chi connectivity index (χ2v) is 5.88. The highest BCUT2D eigenvalue weighted by Crippen LogP contribution is 2.32. The Kier molecular flexibility index (Phi) is 4.15. The molecule has 0 unspecified atom stereocenters. The highest BCUT2D eigenvalue weighted by molar-refractivity contribution is 6.02. The Morgan fingerprint density at radius 2 is 1.83 bits per heavy atom. The maximum Gasteiger partial charge on any atom is 0.243 e. The second-order valence-electron chi connectivity index (χ2n) is 5.88. The SMILES string of the molecule is CC(=O)N1c2ccccc2C[C@H]1C(=O)NCc1ccccc1C. The number of hydrogen-bond acceptors (Lipinski definition) is 2. The van der Waals surface area contributed by atoms with E-state index in [4.69, 9.17) is 0 Å². The Bertz CT molecular complexity index is 755. The first kappa shape index (κ1) is 15.3. The Morgan fingerprint density at radius 1 is 1.13 bits per heavy atom. The van der Waals surface area contributed by atoms with Gasteiger partial charge in [-0.2, -0.15) is 0 Å². The van der Waals surface area contributed by atoms with Gasteiger partial charge in [-0.3, -0.25) is 14.5 Å². The van der Waals surface area contributed by atoms with Crippen LogP contribution in [0.3, 0.4) is 0 Å². The third-order valence-electron chi connectivity index (χ3n) is 4.33. The van der Waals surface area contributed by atoms with Gasteiger partial charge in [0.15, 0.2) is 0 Å². The number of nitrogens with one attached hydrogen (secondary N) is 1. The Morgan fingerprint density at radius 3 is 2.57 bits per heavy atom. The second kappa shape index (κ2) is 6.24. The lowest BCUT2D eigenvalue weighted by Gasteiger charge is -2.23. The van der Waals surface area contributed by atoms with Gasteiger partial charge in [0.05, 0.1) is 0 Å². The van der Waals surface area contributed by atoms with Crippen LogP contribution in [0.4, 0.5) is 5.69 Å². The molecule has 23 heavy (non-hydrogen) atoms. The van der Waals surface area contributed by atoms with Crippen LogP contribution in [-0.4, -0.2) is 17.9 Å². The normalized spacial score (nSPS) is 16.1. The molecule has 0 aromatic heterocycles. The molecule has 3 rings (SSSR count). The minimum absolute atomic E-state index is 0.106. The van der Waals surface area contributed by atoms with E-state index in [0.717, 1.165) is 22.4 Å². The van der Waals surface area contributed by atoms with Gasteiger partial charge in [0.1, 0.15) is 6.04 Å². The summed E-state index contributed by atoms with van der Waals surface area (Å²) in [6.07, 6.45) is 0.565. The zero-order chi connectivity index (χ0) is 16.4. The molecule has 1 atom stereocenters. The Balaban J connectivity index is 1.75. The van der Waals surface area contributed by atoms with Crippen LogP contribution in [0.25, 0.3) is 0 Å². The first-order chi connectivity index (χ1) is 11.1. The van der Waals surface area contributed by atoms with Gasteiger partial charge in [0.2, 0.25) is 11.8 Å². The van der Waals surface area contributed by atoms with Crippen LogP contribution in [0.1, 0.15) is 23.6 Å². The van der Waals surface area contributed by atoms with E-state index in [1.807, 2.05) is 55.5 Å². The summed E-state index contributed by atoms with van der Waals surface area (Å²) in [7, 11) is 0. The Labute approximate surface area is 136 Å². The Hall–Kier alpha value is -2.62. The third-order valence-corrected chi connectivity index (χ3v) is 4.33. The quantitative estimate of drug-likeness (QED) is 0.947. The third kappa shape index (κ3) is 2.97. The van der Waals surface area contributed by atoms with Crippen LogP contribution in [0, 0.1) is 6.92 Å². The van der Waals surface area contributed by atoms with Crippen molar-refractivity contribution in [2.24, 2.45) is 0 Å². The molecule has 118 valence electrons. The molecule has 4 nitrogen and oxygen atoms in total. The fourth-order valence-corrected chi connectivity index (χ4v) is 3.09. The van der Waals surface area contributed by atoms with E-state index < -0.39 is 6.04 Å². The van der Waals surface area contributed by atoms with Crippen LogP contribution in [0.2, 0.25) is 0 Å². The number of carbonyl (C=O) groups excluding carboxylic acids is 2. The zero-order valence-electron chi connectivity index (χ0n) is 13.4. The molecule has 0 spiro atoms. The van der Waals surface area contributed by atoms with Gasteiger partial charge in [0, 0.05) is 25.6 Å². The molecule has 0 aliphatic carbocycles. The average Bonchev–Trinajstić information content (AvgIpc) is 2.93. The van der Waals surface area contributed by atoms with Crippen LogP contribution < -0.4 is 10.2 Å². The lowest BCUT2D eigenvalue weighted by molar-refractivity contribution is -0.125. The molecule has 1 heterocycles. The highest BCUT2D eigenvalue weighted by atomic mass is 16.2. The lowest BCUT2D eigenvalue weighted by Crippen LogP contribution is -2.47. The smallest absolute Gasteiger partial charge is 0.243 e. The molecule has 2 aromatic rings. The number of para-hydroxylation sites is 1. The molecule has 0 saturated heterocycles. The molecule has 0 radical (unpaired) electrons. The maximum atomic E-state index is 12.6. The molecule has 4 heteroatoms. The van der Waals surface area contributed by atoms with Crippen molar-refractivity contribution in [1.29, 1.82) is 0 Å². The molecular formula is C19H20N2O2.